The van der Waals surface area contributed by atoms with Crippen molar-refractivity contribution in [3.8, 4) is 11.5 Å². The van der Waals surface area contributed by atoms with Gasteiger partial charge in [-0.2, -0.15) is 0 Å². The number of carbonyl (C=O) groups excluding carboxylic acids is 1. The first-order chi connectivity index (χ1) is 10.6. The summed E-state index contributed by atoms with van der Waals surface area (Å²) in [4.78, 5) is 11.8. The van der Waals surface area contributed by atoms with E-state index in [9.17, 15) is 9.90 Å². The molecule has 1 aliphatic rings. The minimum atomic E-state index is -0.849. The molecule has 0 aliphatic carbocycles. The van der Waals surface area contributed by atoms with Crippen LogP contribution in [-0.4, -0.2) is 30.8 Å². The van der Waals surface area contributed by atoms with Crippen molar-refractivity contribution < 1.29 is 23.8 Å². The molecule has 0 fully saturated rings. The predicted octanol–water partition coefficient (Wildman–Crippen LogP) is 2.28. The van der Waals surface area contributed by atoms with Crippen LogP contribution in [0.1, 0.15) is 22.2 Å². The van der Waals surface area contributed by atoms with Crippen LogP contribution in [0, 0.1) is 0 Å². The van der Waals surface area contributed by atoms with Crippen LogP contribution in [0.2, 0.25) is 0 Å². The Balaban J connectivity index is 1.62. The summed E-state index contributed by atoms with van der Waals surface area (Å²) >= 11 is 3.13. The average Bonchev–Trinajstić information content (AvgIpc) is 2.98. The lowest BCUT2D eigenvalue weighted by molar-refractivity contribution is 0.0887. The van der Waals surface area contributed by atoms with E-state index in [2.05, 4.69) is 21.2 Å². The van der Waals surface area contributed by atoms with E-state index in [4.69, 9.17) is 13.9 Å². The Kier molecular flexibility index (Phi) is 4.35. The van der Waals surface area contributed by atoms with Crippen LogP contribution in [0.25, 0.3) is 0 Å². The van der Waals surface area contributed by atoms with Gasteiger partial charge in [-0.25, -0.2) is 0 Å². The van der Waals surface area contributed by atoms with Crippen molar-refractivity contribution in [2.75, 3.05) is 19.8 Å². The Morgan fingerprint density at radius 2 is 2.00 bits per heavy atom. The molecule has 0 saturated carbocycles. The summed E-state index contributed by atoms with van der Waals surface area (Å²) in [6, 6.07) is 8.39. The quantitative estimate of drug-likeness (QED) is 0.866. The maximum absolute atomic E-state index is 11.8. The van der Waals surface area contributed by atoms with Crippen LogP contribution in [0.5, 0.6) is 11.5 Å². The van der Waals surface area contributed by atoms with Gasteiger partial charge in [0.2, 0.25) is 0 Å². The van der Waals surface area contributed by atoms with E-state index in [1.54, 1.807) is 30.3 Å². The molecule has 6 nitrogen and oxygen atoms in total. The van der Waals surface area contributed by atoms with E-state index >= 15 is 0 Å². The number of carbonyl (C=O) groups is 1. The molecule has 2 aromatic rings. The minimum Gasteiger partial charge on any atom is -0.486 e. The topological polar surface area (TPSA) is 80.9 Å². The Bertz CT molecular complexity index is 684. The fourth-order valence-corrected chi connectivity index (χ4v) is 2.40. The van der Waals surface area contributed by atoms with Gasteiger partial charge in [-0.15, -0.1) is 0 Å². The highest BCUT2D eigenvalue weighted by Gasteiger charge is 2.17. The summed E-state index contributed by atoms with van der Waals surface area (Å²) in [7, 11) is 0. The molecule has 7 heteroatoms. The highest BCUT2D eigenvalue weighted by Crippen LogP contribution is 2.32. The van der Waals surface area contributed by atoms with Crippen LogP contribution in [0.3, 0.4) is 0 Å². The number of benzene rings is 1. The summed E-state index contributed by atoms with van der Waals surface area (Å²) < 4.78 is 16.5. The van der Waals surface area contributed by atoms with Crippen molar-refractivity contribution in [1.29, 1.82) is 0 Å². The molecule has 2 N–H and O–H groups in total. The fraction of sp³-hybridized carbons (Fsp3) is 0.267. The summed E-state index contributed by atoms with van der Waals surface area (Å²) in [5, 5.41) is 12.8. The lowest BCUT2D eigenvalue weighted by atomic mass is 10.1. The van der Waals surface area contributed by atoms with Gasteiger partial charge in [-0.05, 0) is 45.8 Å². The number of hydrogen-bond donors (Lipinski definition) is 2. The van der Waals surface area contributed by atoms with Gasteiger partial charge in [0.05, 0.1) is 6.10 Å². The number of hydrogen-bond acceptors (Lipinski definition) is 5. The second-order valence-electron chi connectivity index (χ2n) is 4.73. The predicted molar refractivity (Wildman–Crippen MR) is 81.1 cm³/mol. The van der Waals surface area contributed by atoms with Gasteiger partial charge >= 0.3 is 0 Å². The highest BCUT2D eigenvalue weighted by atomic mass is 79.9. The third-order valence-corrected chi connectivity index (χ3v) is 3.63. The number of halogens is 1. The number of aliphatic hydroxyl groups excluding tert-OH is 1. The monoisotopic (exact) mass is 367 g/mol. The Morgan fingerprint density at radius 3 is 2.73 bits per heavy atom. The first-order valence-corrected chi connectivity index (χ1v) is 7.54. The molecule has 0 spiro atoms. The molecule has 22 heavy (non-hydrogen) atoms. The standard InChI is InChI=1S/C15H14BrNO5/c16-14-4-3-12(22-14)15(19)17-8-10(18)9-1-2-11-13(7-9)21-6-5-20-11/h1-4,7,10,18H,5-6,8H2,(H,17,19)/t10-/m0/s1. The van der Waals surface area contributed by atoms with Crippen molar-refractivity contribution in [2.45, 2.75) is 6.10 Å². The number of furan rings is 1. The van der Waals surface area contributed by atoms with Crippen LogP contribution in [-0.2, 0) is 0 Å². The molecule has 2 heterocycles. The van der Waals surface area contributed by atoms with Crippen molar-refractivity contribution in [2.24, 2.45) is 0 Å². The molecule has 1 amide bonds. The number of fused-ring (bicyclic) bond motifs is 1. The molecule has 1 atom stereocenters. The lowest BCUT2D eigenvalue weighted by Gasteiger charge is -2.20. The number of ether oxygens (including phenoxy) is 2. The molecule has 1 aromatic carbocycles. The van der Waals surface area contributed by atoms with Gasteiger partial charge in [0.1, 0.15) is 13.2 Å². The molecule has 1 aromatic heterocycles. The minimum absolute atomic E-state index is 0.0663. The number of amides is 1. The van der Waals surface area contributed by atoms with Gasteiger partial charge in [-0.1, -0.05) is 6.07 Å². The van der Waals surface area contributed by atoms with E-state index in [0.717, 1.165) is 0 Å². The lowest BCUT2D eigenvalue weighted by Crippen LogP contribution is -2.28. The summed E-state index contributed by atoms with van der Waals surface area (Å²) in [5.74, 6) is 1.05. The zero-order chi connectivity index (χ0) is 15.5. The zero-order valence-electron chi connectivity index (χ0n) is 11.5. The van der Waals surface area contributed by atoms with Gasteiger partial charge in [-0.3, -0.25) is 4.79 Å². The van der Waals surface area contributed by atoms with E-state index in [1.165, 1.54) is 0 Å². The summed E-state index contributed by atoms with van der Waals surface area (Å²) in [5.41, 5.74) is 0.644. The van der Waals surface area contributed by atoms with Crippen molar-refractivity contribution >= 4 is 21.8 Å². The fourth-order valence-electron chi connectivity index (χ4n) is 2.10. The van der Waals surface area contributed by atoms with Crippen LogP contribution in [0.4, 0.5) is 0 Å². The van der Waals surface area contributed by atoms with Gasteiger partial charge in [0.25, 0.3) is 5.91 Å². The number of nitrogens with one attached hydrogen (secondary N) is 1. The first kappa shape index (κ1) is 14.9. The van der Waals surface area contributed by atoms with E-state index in [1.807, 2.05) is 0 Å². The second kappa shape index (κ2) is 6.41. The average molecular weight is 368 g/mol. The van der Waals surface area contributed by atoms with Crippen LogP contribution >= 0.6 is 15.9 Å². The second-order valence-corrected chi connectivity index (χ2v) is 5.51. The number of aliphatic hydroxyl groups is 1. The van der Waals surface area contributed by atoms with Crippen LogP contribution < -0.4 is 14.8 Å². The third-order valence-electron chi connectivity index (χ3n) is 3.20. The molecule has 3 rings (SSSR count). The Hall–Kier alpha value is -1.99. The molecule has 0 bridgehead atoms. The Morgan fingerprint density at radius 1 is 1.23 bits per heavy atom. The molecule has 1 aliphatic heterocycles. The third kappa shape index (κ3) is 3.26. The van der Waals surface area contributed by atoms with E-state index in [0.29, 0.717) is 34.9 Å². The van der Waals surface area contributed by atoms with Crippen molar-refractivity contribution in [3.63, 3.8) is 0 Å². The van der Waals surface area contributed by atoms with E-state index < -0.39 is 6.10 Å². The van der Waals surface area contributed by atoms with Crippen LogP contribution in [0.15, 0.2) is 39.4 Å². The summed E-state index contributed by atoms with van der Waals surface area (Å²) in [6.45, 7) is 1.07. The molecule has 0 unspecified atom stereocenters. The SMILES string of the molecule is O=C(NC[C@H](O)c1ccc2c(c1)OCCO2)c1ccc(Br)o1. The molecule has 0 saturated heterocycles. The molecular weight excluding hydrogens is 354 g/mol. The van der Waals surface area contributed by atoms with E-state index in [-0.39, 0.29) is 18.2 Å². The maximum atomic E-state index is 11.8. The summed E-state index contributed by atoms with van der Waals surface area (Å²) in [6.07, 6.45) is -0.849. The number of rotatable bonds is 4. The van der Waals surface area contributed by atoms with Crippen molar-refractivity contribution in [3.05, 3.63) is 46.3 Å². The molecule has 116 valence electrons. The van der Waals surface area contributed by atoms with Gasteiger partial charge < -0.3 is 24.3 Å². The Labute approximate surface area is 135 Å². The molecule has 0 radical (unpaired) electrons. The first-order valence-electron chi connectivity index (χ1n) is 6.74. The maximum Gasteiger partial charge on any atom is 0.287 e. The highest BCUT2D eigenvalue weighted by molar-refractivity contribution is 9.10. The smallest absolute Gasteiger partial charge is 0.287 e. The normalized spacial score (nSPS) is 14.5. The van der Waals surface area contributed by atoms with Gasteiger partial charge in [0.15, 0.2) is 21.9 Å². The van der Waals surface area contributed by atoms with Gasteiger partial charge in [0, 0.05) is 6.54 Å². The molecular formula is C15H14BrNO5. The van der Waals surface area contributed by atoms with Crippen molar-refractivity contribution in [1.82, 2.24) is 5.32 Å². The zero-order valence-corrected chi connectivity index (χ0v) is 13.1. The largest absolute Gasteiger partial charge is 0.486 e.